The predicted molar refractivity (Wildman–Crippen MR) is 41.1 cm³/mol. The number of carbonyl (C=O) groups excluding carboxylic acids is 1. The molecule has 0 bridgehead atoms. The first-order valence-electron chi connectivity index (χ1n) is 4.21. The van der Waals surface area contributed by atoms with E-state index in [-0.39, 0.29) is 25.4 Å². The van der Waals surface area contributed by atoms with E-state index in [0.717, 1.165) is 6.42 Å². The van der Waals surface area contributed by atoms with Gasteiger partial charge in [0.2, 0.25) is 5.91 Å². The lowest BCUT2D eigenvalue weighted by Gasteiger charge is -2.15. The van der Waals surface area contributed by atoms with Crippen molar-refractivity contribution in [2.45, 2.75) is 32.1 Å². The second-order valence-electron chi connectivity index (χ2n) is 3.17. The van der Waals surface area contributed by atoms with Crippen LogP contribution in [0, 0.1) is 0 Å². The molecule has 1 rings (SSSR count). The standard InChI is InChI=1S/C8H13F2NO/c1-2-3-7(12)11-5-4-8(9,10)6-11/h2-6H2,1H3. The Morgan fingerprint density at radius 1 is 1.58 bits per heavy atom. The number of carbonyl (C=O) groups is 1. The van der Waals surface area contributed by atoms with Gasteiger partial charge in [0.15, 0.2) is 0 Å². The van der Waals surface area contributed by atoms with Gasteiger partial charge in [-0.15, -0.1) is 0 Å². The zero-order chi connectivity index (χ0) is 9.19. The Bertz CT molecular complexity index is 182. The van der Waals surface area contributed by atoms with Crippen molar-refractivity contribution in [1.29, 1.82) is 0 Å². The summed E-state index contributed by atoms with van der Waals surface area (Å²) in [5, 5.41) is 0. The SMILES string of the molecule is CCCC(=O)N1CCC(F)(F)C1. The van der Waals surface area contributed by atoms with Gasteiger partial charge >= 0.3 is 0 Å². The first kappa shape index (κ1) is 9.42. The normalized spacial score (nSPS) is 21.4. The molecule has 1 heterocycles. The van der Waals surface area contributed by atoms with Crippen LogP contribution in [-0.4, -0.2) is 29.8 Å². The molecule has 12 heavy (non-hydrogen) atoms. The lowest BCUT2D eigenvalue weighted by atomic mass is 10.3. The van der Waals surface area contributed by atoms with Gasteiger partial charge in [-0.3, -0.25) is 4.79 Å². The molecule has 0 aromatic carbocycles. The van der Waals surface area contributed by atoms with Crippen molar-refractivity contribution in [2.75, 3.05) is 13.1 Å². The summed E-state index contributed by atoms with van der Waals surface area (Å²) in [5.74, 6) is -2.79. The van der Waals surface area contributed by atoms with E-state index in [4.69, 9.17) is 0 Å². The van der Waals surface area contributed by atoms with Crippen molar-refractivity contribution in [3.63, 3.8) is 0 Å². The van der Waals surface area contributed by atoms with Crippen LogP contribution in [0.3, 0.4) is 0 Å². The van der Waals surface area contributed by atoms with Gasteiger partial charge in [0.05, 0.1) is 6.54 Å². The number of alkyl halides is 2. The van der Waals surface area contributed by atoms with Crippen molar-refractivity contribution in [3.8, 4) is 0 Å². The van der Waals surface area contributed by atoms with Crippen LogP contribution in [0.5, 0.6) is 0 Å². The topological polar surface area (TPSA) is 20.3 Å². The van der Waals surface area contributed by atoms with Crippen LogP contribution in [-0.2, 0) is 4.79 Å². The van der Waals surface area contributed by atoms with Crippen molar-refractivity contribution >= 4 is 5.91 Å². The zero-order valence-corrected chi connectivity index (χ0v) is 7.15. The summed E-state index contributed by atoms with van der Waals surface area (Å²) in [6.45, 7) is 1.70. The second kappa shape index (κ2) is 3.37. The molecule has 1 fully saturated rings. The summed E-state index contributed by atoms with van der Waals surface area (Å²) >= 11 is 0. The quantitative estimate of drug-likeness (QED) is 0.628. The predicted octanol–water partition coefficient (Wildman–Crippen LogP) is 1.65. The van der Waals surface area contributed by atoms with Gasteiger partial charge in [0.1, 0.15) is 0 Å². The van der Waals surface area contributed by atoms with Gasteiger partial charge in [-0.1, -0.05) is 6.92 Å². The molecule has 70 valence electrons. The van der Waals surface area contributed by atoms with Gasteiger partial charge in [0.25, 0.3) is 5.92 Å². The van der Waals surface area contributed by atoms with Crippen LogP contribution in [0.4, 0.5) is 8.78 Å². The number of hydrogen-bond donors (Lipinski definition) is 0. The fourth-order valence-electron chi connectivity index (χ4n) is 1.32. The molecular weight excluding hydrogens is 164 g/mol. The third-order valence-electron chi connectivity index (χ3n) is 1.99. The van der Waals surface area contributed by atoms with E-state index in [1.807, 2.05) is 6.92 Å². The Morgan fingerprint density at radius 2 is 2.25 bits per heavy atom. The maximum Gasteiger partial charge on any atom is 0.267 e. The average molecular weight is 177 g/mol. The summed E-state index contributed by atoms with van der Waals surface area (Å²) < 4.78 is 25.2. The Hall–Kier alpha value is -0.670. The first-order chi connectivity index (χ1) is 5.55. The molecule has 0 saturated carbocycles. The van der Waals surface area contributed by atoms with Crippen LogP contribution < -0.4 is 0 Å². The van der Waals surface area contributed by atoms with Gasteiger partial charge in [-0.2, -0.15) is 0 Å². The van der Waals surface area contributed by atoms with Gasteiger partial charge in [-0.25, -0.2) is 8.78 Å². The fraction of sp³-hybridized carbons (Fsp3) is 0.875. The number of likely N-dealkylation sites (tertiary alicyclic amines) is 1. The van der Waals surface area contributed by atoms with E-state index in [9.17, 15) is 13.6 Å². The molecule has 0 atom stereocenters. The van der Waals surface area contributed by atoms with E-state index in [1.54, 1.807) is 0 Å². The number of nitrogens with zero attached hydrogens (tertiary/aromatic N) is 1. The van der Waals surface area contributed by atoms with E-state index in [0.29, 0.717) is 6.42 Å². The molecule has 1 aliphatic heterocycles. The largest absolute Gasteiger partial charge is 0.336 e. The molecule has 4 heteroatoms. The molecule has 0 N–H and O–H groups in total. The van der Waals surface area contributed by atoms with Crippen LogP contribution in [0.15, 0.2) is 0 Å². The molecule has 0 spiro atoms. The third kappa shape index (κ3) is 2.16. The van der Waals surface area contributed by atoms with E-state index < -0.39 is 5.92 Å². The highest BCUT2D eigenvalue weighted by molar-refractivity contribution is 5.76. The summed E-state index contributed by atoms with van der Waals surface area (Å²) in [4.78, 5) is 12.4. The lowest BCUT2D eigenvalue weighted by molar-refractivity contribution is -0.131. The zero-order valence-electron chi connectivity index (χ0n) is 7.15. The molecule has 0 aliphatic carbocycles. The van der Waals surface area contributed by atoms with Crippen LogP contribution in [0.2, 0.25) is 0 Å². The van der Waals surface area contributed by atoms with E-state index >= 15 is 0 Å². The van der Waals surface area contributed by atoms with Crippen LogP contribution in [0.1, 0.15) is 26.2 Å². The Kier molecular flexibility index (Phi) is 2.65. The molecule has 1 amide bonds. The maximum absolute atomic E-state index is 12.6. The van der Waals surface area contributed by atoms with Gasteiger partial charge in [0, 0.05) is 19.4 Å². The molecule has 1 saturated heterocycles. The van der Waals surface area contributed by atoms with Gasteiger partial charge < -0.3 is 4.90 Å². The van der Waals surface area contributed by atoms with Crippen molar-refractivity contribution in [2.24, 2.45) is 0 Å². The van der Waals surface area contributed by atoms with Crippen molar-refractivity contribution < 1.29 is 13.6 Å². The number of amides is 1. The number of hydrogen-bond acceptors (Lipinski definition) is 1. The highest BCUT2D eigenvalue weighted by atomic mass is 19.3. The smallest absolute Gasteiger partial charge is 0.267 e. The highest BCUT2D eigenvalue weighted by Gasteiger charge is 2.39. The minimum Gasteiger partial charge on any atom is -0.336 e. The molecule has 0 aromatic rings. The minimum absolute atomic E-state index is 0.144. The molecule has 0 radical (unpaired) electrons. The van der Waals surface area contributed by atoms with Gasteiger partial charge in [-0.05, 0) is 6.42 Å². The molecule has 2 nitrogen and oxygen atoms in total. The van der Waals surface area contributed by atoms with Crippen molar-refractivity contribution in [1.82, 2.24) is 4.90 Å². The Morgan fingerprint density at radius 3 is 2.67 bits per heavy atom. The second-order valence-corrected chi connectivity index (χ2v) is 3.17. The monoisotopic (exact) mass is 177 g/mol. The minimum atomic E-state index is -2.65. The molecular formula is C8H13F2NO. The third-order valence-corrected chi connectivity index (χ3v) is 1.99. The van der Waals surface area contributed by atoms with Crippen molar-refractivity contribution in [3.05, 3.63) is 0 Å². The molecule has 0 aromatic heterocycles. The number of rotatable bonds is 2. The Labute approximate surface area is 70.5 Å². The van der Waals surface area contributed by atoms with E-state index in [1.165, 1.54) is 4.90 Å². The fourth-order valence-corrected chi connectivity index (χ4v) is 1.32. The van der Waals surface area contributed by atoms with E-state index in [2.05, 4.69) is 0 Å². The summed E-state index contributed by atoms with van der Waals surface area (Å²) in [6.07, 6.45) is 0.930. The first-order valence-corrected chi connectivity index (χ1v) is 4.21. The summed E-state index contributed by atoms with van der Waals surface area (Å²) in [7, 11) is 0. The molecule has 1 aliphatic rings. The van der Waals surface area contributed by atoms with Crippen LogP contribution >= 0.6 is 0 Å². The average Bonchev–Trinajstić information content (AvgIpc) is 2.31. The Balaban J connectivity index is 2.41. The highest BCUT2D eigenvalue weighted by Crippen LogP contribution is 2.27. The summed E-state index contributed by atoms with van der Waals surface area (Å²) in [5.41, 5.74) is 0. The number of halogens is 2. The maximum atomic E-state index is 12.6. The lowest BCUT2D eigenvalue weighted by Crippen LogP contribution is -2.30. The summed E-state index contributed by atoms with van der Waals surface area (Å²) in [6, 6.07) is 0. The van der Waals surface area contributed by atoms with Crippen LogP contribution in [0.25, 0.3) is 0 Å². The molecule has 0 unspecified atom stereocenters.